The highest BCUT2D eigenvalue weighted by molar-refractivity contribution is 5.31. The minimum atomic E-state index is -0.310. The topological polar surface area (TPSA) is 100 Å². The zero-order valence-electron chi connectivity index (χ0n) is 14.8. The maximum Gasteiger partial charge on any atom is 0.335 e. The SMILES string of the molecule is Cc1noc(C)c1Cn1cc(-n2c(O)cn(CC3CCCO3)c2=O)cn1. The van der Waals surface area contributed by atoms with Gasteiger partial charge in [0.2, 0.25) is 5.88 Å². The van der Waals surface area contributed by atoms with Crippen LogP contribution >= 0.6 is 0 Å². The van der Waals surface area contributed by atoms with Crippen LogP contribution in [0.1, 0.15) is 29.9 Å². The summed E-state index contributed by atoms with van der Waals surface area (Å²) in [5.41, 5.74) is 1.95. The maximum absolute atomic E-state index is 12.7. The van der Waals surface area contributed by atoms with E-state index in [0.29, 0.717) is 18.8 Å². The Balaban J connectivity index is 1.59. The number of aromatic nitrogens is 5. The van der Waals surface area contributed by atoms with Crippen LogP contribution in [-0.4, -0.2) is 41.9 Å². The van der Waals surface area contributed by atoms with Crippen molar-refractivity contribution in [3.8, 4) is 11.6 Å². The fraction of sp³-hybridized carbons (Fsp3) is 0.471. The normalized spacial score (nSPS) is 17.2. The predicted molar refractivity (Wildman–Crippen MR) is 91.5 cm³/mol. The van der Waals surface area contributed by atoms with Gasteiger partial charge in [-0.05, 0) is 26.7 Å². The summed E-state index contributed by atoms with van der Waals surface area (Å²) in [5.74, 6) is 0.618. The van der Waals surface area contributed by atoms with Gasteiger partial charge in [0.25, 0.3) is 0 Å². The van der Waals surface area contributed by atoms with E-state index in [2.05, 4.69) is 10.3 Å². The lowest BCUT2D eigenvalue weighted by atomic mass is 10.2. The number of hydrogen-bond donors (Lipinski definition) is 1. The summed E-state index contributed by atoms with van der Waals surface area (Å²) in [6, 6.07) is 0. The maximum atomic E-state index is 12.7. The van der Waals surface area contributed by atoms with Crippen molar-refractivity contribution in [2.24, 2.45) is 0 Å². The molecule has 4 rings (SSSR count). The average Bonchev–Trinajstić information content (AvgIpc) is 3.37. The molecular formula is C17H21N5O4. The first-order valence-corrected chi connectivity index (χ1v) is 8.60. The van der Waals surface area contributed by atoms with Crippen LogP contribution in [0.5, 0.6) is 5.88 Å². The van der Waals surface area contributed by atoms with Crippen LogP contribution in [-0.2, 0) is 17.8 Å². The highest BCUT2D eigenvalue weighted by Gasteiger charge is 2.20. The molecule has 9 nitrogen and oxygen atoms in total. The van der Waals surface area contributed by atoms with Gasteiger partial charge in [-0.2, -0.15) is 5.10 Å². The lowest BCUT2D eigenvalue weighted by Crippen LogP contribution is -2.27. The van der Waals surface area contributed by atoms with Crippen molar-refractivity contribution in [2.75, 3.05) is 6.61 Å². The highest BCUT2D eigenvalue weighted by atomic mass is 16.5. The fourth-order valence-electron chi connectivity index (χ4n) is 3.30. The zero-order valence-corrected chi connectivity index (χ0v) is 14.8. The average molecular weight is 359 g/mol. The predicted octanol–water partition coefficient (Wildman–Crippen LogP) is 1.37. The molecule has 1 unspecified atom stereocenters. The smallest absolute Gasteiger partial charge is 0.335 e. The molecule has 0 aliphatic carbocycles. The number of imidazole rings is 1. The van der Waals surface area contributed by atoms with E-state index in [4.69, 9.17) is 9.26 Å². The summed E-state index contributed by atoms with van der Waals surface area (Å²) in [6.45, 7) is 5.36. The molecule has 1 aliphatic rings. The summed E-state index contributed by atoms with van der Waals surface area (Å²) in [5, 5.41) is 18.5. The molecule has 0 amide bonds. The molecule has 1 N–H and O–H groups in total. The van der Waals surface area contributed by atoms with Crippen molar-refractivity contribution in [2.45, 2.75) is 45.9 Å². The highest BCUT2D eigenvalue weighted by Crippen LogP contribution is 2.19. The summed E-state index contributed by atoms with van der Waals surface area (Å²) in [6.07, 6.45) is 6.65. The first-order valence-electron chi connectivity index (χ1n) is 8.60. The summed E-state index contributed by atoms with van der Waals surface area (Å²) in [4.78, 5) is 12.7. The van der Waals surface area contributed by atoms with E-state index in [1.54, 1.807) is 17.1 Å². The molecule has 0 spiro atoms. The third-order valence-electron chi connectivity index (χ3n) is 4.74. The first-order chi connectivity index (χ1) is 12.5. The van der Waals surface area contributed by atoms with E-state index < -0.39 is 0 Å². The standard InChI is InChI=1S/C17H21N5O4/c1-11-15(12(2)26-19-11)9-21-7-13(6-18-21)22-16(23)10-20(17(22)24)8-14-4-3-5-25-14/h6-7,10,14,23H,3-5,8-9H2,1-2H3. The van der Waals surface area contributed by atoms with E-state index in [9.17, 15) is 9.90 Å². The molecule has 1 fully saturated rings. The minimum absolute atomic E-state index is 0.0187. The second-order valence-corrected chi connectivity index (χ2v) is 6.59. The molecule has 0 bridgehead atoms. The summed E-state index contributed by atoms with van der Waals surface area (Å²) >= 11 is 0. The lowest BCUT2D eigenvalue weighted by molar-refractivity contribution is 0.0961. The van der Waals surface area contributed by atoms with Gasteiger partial charge in [0.05, 0.1) is 43.0 Å². The Labute approximate surface area is 149 Å². The number of ether oxygens (including phenoxy) is 1. The van der Waals surface area contributed by atoms with Crippen molar-refractivity contribution in [3.63, 3.8) is 0 Å². The van der Waals surface area contributed by atoms with E-state index in [1.807, 2.05) is 13.8 Å². The molecule has 1 atom stereocenters. The summed E-state index contributed by atoms with van der Waals surface area (Å²) < 4.78 is 15.1. The number of hydrogen-bond acceptors (Lipinski definition) is 6. The number of aromatic hydroxyl groups is 1. The van der Waals surface area contributed by atoms with E-state index >= 15 is 0 Å². The first kappa shape index (κ1) is 16.6. The van der Waals surface area contributed by atoms with Gasteiger partial charge in [0, 0.05) is 18.4 Å². The molecule has 4 heterocycles. The Morgan fingerprint density at radius 3 is 2.88 bits per heavy atom. The Kier molecular flexibility index (Phi) is 4.15. The quantitative estimate of drug-likeness (QED) is 0.738. The largest absolute Gasteiger partial charge is 0.493 e. The van der Waals surface area contributed by atoms with Crippen molar-refractivity contribution in [3.05, 3.63) is 46.1 Å². The van der Waals surface area contributed by atoms with Crippen molar-refractivity contribution in [1.82, 2.24) is 24.1 Å². The molecule has 0 aromatic carbocycles. The monoisotopic (exact) mass is 359 g/mol. The Morgan fingerprint density at radius 2 is 2.19 bits per heavy atom. The molecule has 0 radical (unpaired) electrons. The Hall–Kier alpha value is -2.81. The van der Waals surface area contributed by atoms with Gasteiger partial charge in [0.1, 0.15) is 5.76 Å². The van der Waals surface area contributed by atoms with Gasteiger partial charge < -0.3 is 14.4 Å². The molecule has 9 heteroatoms. The number of aryl methyl sites for hydroxylation is 2. The zero-order chi connectivity index (χ0) is 18.3. The lowest BCUT2D eigenvalue weighted by Gasteiger charge is -2.08. The van der Waals surface area contributed by atoms with Gasteiger partial charge in [-0.3, -0.25) is 9.25 Å². The van der Waals surface area contributed by atoms with Crippen molar-refractivity contribution >= 4 is 0 Å². The molecule has 0 saturated carbocycles. The number of rotatable bonds is 5. The van der Waals surface area contributed by atoms with Crippen LogP contribution in [0.15, 0.2) is 27.9 Å². The minimum Gasteiger partial charge on any atom is -0.493 e. The van der Waals surface area contributed by atoms with Crippen LogP contribution in [0.25, 0.3) is 5.69 Å². The van der Waals surface area contributed by atoms with Crippen LogP contribution in [0, 0.1) is 13.8 Å². The van der Waals surface area contributed by atoms with Crippen LogP contribution in [0.2, 0.25) is 0 Å². The molecule has 1 saturated heterocycles. The van der Waals surface area contributed by atoms with Gasteiger partial charge in [-0.15, -0.1) is 0 Å². The molecule has 138 valence electrons. The van der Waals surface area contributed by atoms with Crippen LogP contribution in [0.3, 0.4) is 0 Å². The van der Waals surface area contributed by atoms with E-state index in [0.717, 1.165) is 36.5 Å². The Morgan fingerprint density at radius 1 is 1.35 bits per heavy atom. The van der Waals surface area contributed by atoms with Gasteiger partial charge in [-0.1, -0.05) is 5.16 Å². The summed E-state index contributed by atoms with van der Waals surface area (Å²) in [7, 11) is 0. The van der Waals surface area contributed by atoms with Crippen molar-refractivity contribution < 1.29 is 14.4 Å². The van der Waals surface area contributed by atoms with Gasteiger partial charge in [0.15, 0.2) is 0 Å². The van der Waals surface area contributed by atoms with Crippen LogP contribution < -0.4 is 5.69 Å². The second kappa shape index (κ2) is 6.49. The third-order valence-corrected chi connectivity index (χ3v) is 4.74. The Bertz CT molecular complexity index is 954. The van der Waals surface area contributed by atoms with Gasteiger partial charge >= 0.3 is 5.69 Å². The van der Waals surface area contributed by atoms with Crippen molar-refractivity contribution in [1.29, 1.82) is 0 Å². The van der Waals surface area contributed by atoms with E-state index in [1.165, 1.54) is 15.3 Å². The number of nitrogens with zero attached hydrogens (tertiary/aromatic N) is 5. The third kappa shape index (κ3) is 2.94. The second-order valence-electron chi connectivity index (χ2n) is 6.59. The molecular weight excluding hydrogens is 338 g/mol. The molecule has 1 aliphatic heterocycles. The van der Waals surface area contributed by atoms with Gasteiger partial charge in [-0.25, -0.2) is 9.36 Å². The molecule has 3 aromatic heterocycles. The molecule has 3 aromatic rings. The fourth-order valence-corrected chi connectivity index (χ4v) is 3.30. The molecule has 26 heavy (non-hydrogen) atoms. The van der Waals surface area contributed by atoms with E-state index in [-0.39, 0.29) is 17.7 Å². The van der Waals surface area contributed by atoms with Crippen LogP contribution in [0.4, 0.5) is 0 Å².